The average molecular weight is 256 g/mol. The number of ether oxygens (including phenoxy) is 5. The summed E-state index contributed by atoms with van der Waals surface area (Å²) in [7, 11) is 1.61. The second-order valence-corrected chi connectivity index (χ2v) is 4.92. The summed E-state index contributed by atoms with van der Waals surface area (Å²) in [4.78, 5) is 0. The van der Waals surface area contributed by atoms with E-state index in [2.05, 4.69) is 5.92 Å². The molecule has 0 saturated carbocycles. The van der Waals surface area contributed by atoms with Crippen LogP contribution in [0, 0.1) is 12.3 Å². The van der Waals surface area contributed by atoms with Gasteiger partial charge in [-0.2, -0.15) is 0 Å². The molecule has 0 aromatic carbocycles. The fraction of sp³-hybridized carbons (Fsp3) is 0.846. The van der Waals surface area contributed by atoms with Crippen LogP contribution >= 0.6 is 0 Å². The Kier molecular flexibility index (Phi) is 4.25. The second kappa shape index (κ2) is 5.55. The minimum atomic E-state index is -0.574. The molecule has 2 rings (SSSR count). The third-order valence-electron chi connectivity index (χ3n) is 3.14. The van der Waals surface area contributed by atoms with E-state index in [4.69, 9.17) is 30.1 Å². The van der Waals surface area contributed by atoms with E-state index < -0.39 is 5.79 Å². The van der Waals surface area contributed by atoms with Crippen LogP contribution in [0.4, 0.5) is 0 Å². The van der Waals surface area contributed by atoms with Gasteiger partial charge in [0.25, 0.3) is 0 Å². The van der Waals surface area contributed by atoms with Gasteiger partial charge >= 0.3 is 0 Å². The summed E-state index contributed by atoms with van der Waals surface area (Å²) in [5.74, 6) is 1.89. The highest BCUT2D eigenvalue weighted by Crippen LogP contribution is 2.33. The first kappa shape index (κ1) is 13.8. The fourth-order valence-corrected chi connectivity index (χ4v) is 2.32. The molecule has 2 aliphatic heterocycles. The molecular formula is C13H20O5. The maximum absolute atomic E-state index is 5.80. The molecule has 0 amide bonds. The van der Waals surface area contributed by atoms with Crippen LogP contribution in [-0.4, -0.2) is 50.7 Å². The van der Waals surface area contributed by atoms with E-state index in [0.29, 0.717) is 13.0 Å². The van der Waals surface area contributed by atoms with E-state index in [1.807, 2.05) is 13.8 Å². The molecule has 0 spiro atoms. The lowest BCUT2D eigenvalue weighted by Gasteiger charge is -2.24. The van der Waals surface area contributed by atoms with Gasteiger partial charge in [0.05, 0.1) is 12.7 Å². The molecule has 4 atom stereocenters. The Hall–Kier alpha value is -0.640. The Morgan fingerprint density at radius 3 is 2.78 bits per heavy atom. The Morgan fingerprint density at radius 2 is 2.22 bits per heavy atom. The van der Waals surface area contributed by atoms with Gasteiger partial charge in [-0.05, 0) is 13.8 Å². The summed E-state index contributed by atoms with van der Waals surface area (Å²) < 4.78 is 27.9. The minimum absolute atomic E-state index is 0.117. The van der Waals surface area contributed by atoms with Gasteiger partial charge in [-0.1, -0.05) is 5.92 Å². The molecule has 0 bridgehead atoms. The topological polar surface area (TPSA) is 46.2 Å². The van der Waals surface area contributed by atoms with Crippen molar-refractivity contribution in [3.05, 3.63) is 0 Å². The van der Waals surface area contributed by atoms with E-state index in [-0.39, 0.29) is 31.2 Å². The molecule has 0 unspecified atom stereocenters. The molecule has 2 fully saturated rings. The third-order valence-corrected chi connectivity index (χ3v) is 3.14. The number of methoxy groups -OCH3 is 1. The van der Waals surface area contributed by atoms with Crippen molar-refractivity contribution < 1.29 is 23.7 Å². The van der Waals surface area contributed by atoms with Crippen LogP contribution in [0.15, 0.2) is 0 Å². The van der Waals surface area contributed by atoms with Gasteiger partial charge in [0, 0.05) is 13.5 Å². The predicted molar refractivity (Wildman–Crippen MR) is 63.8 cm³/mol. The van der Waals surface area contributed by atoms with Crippen molar-refractivity contribution in [1.29, 1.82) is 0 Å². The lowest BCUT2D eigenvalue weighted by Crippen LogP contribution is -2.39. The number of terminal acetylenes is 1. The molecule has 0 radical (unpaired) electrons. The highest BCUT2D eigenvalue weighted by molar-refractivity contribution is 4.91. The van der Waals surface area contributed by atoms with Gasteiger partial charge in [0.15, 0.2) is 12.1 Å². The largest absolute Gasteiger partial charge is 0.363 e. The Bertz CT molecular complexity index is 322. The van der Waals surface area contributed by atoms with Crippen molar-refractivity contribution in [3.8, 4) is 12.3 Å². The molecule has 2 aliphatic rings. The molecular weight excluding hydrogens is 236 g/mol. The van der Waals surface area contributed by atoms with Gasteiger partial charge in [-0.3, -0.25) is 0 Å². The summed E-state index contributed by atoms with van der Waals surface area (Å²) in [5.41, 5.74) is 0. The van der Waals surface area contributed by atoms with Crippen molar-refractivity contribution in [2.45, 2.75) is 50.7 Å². The fourth-order valence-electron chi connectivity index (χ4n) is 2.32. The smallest absolute Gasteiger partial charge is 0.163 e. The zero-order chi connectivity index (χ0) is 13.2. The SMILES string of the molecule is C#CCO[C@@H]1C[C@H](OC)O[C@@H]1[C@@H]1COC(C)(C)O1. The van der Waals surface area contributed by atoms with Gasteiger partial charge in [-0.25, -0.2) is 0 Å². The zero-order valence-corrected chi connectivity index (χ0v) is 11.0. The number of hydrogen-bond acceptors (Lipinski definition) is 5. The van der Waals surface area contributed by atoms with Crippen molar-refractivity contribution in [3.63, 3.8) is 0 Å². The van der Waals surface area contributed by atoms with Crippen LogP contribution in [0.2, 0.25) is 0 Å². The first-order valence-electron chi connectivity index (χ1n) is 6.11. The molecule has 5 nitrogen and oxygen atoms in total. The van der Waals surface area contributed by atoms with Crippen molar-refractivity contribution in [2.75, 3.05) is 20.3 Å². The van der Waals surface area contributed by atoms with Crippen molar-refractivity contribution in [1.82, 2.24) is 0 Å². The van der Waals surface area contributed by atoms with Crippen LogP contribution in [0.5, 0.6) is 0 Å². The van der Waals surface area contributed by atoms with Crippen LogP contribution in [-0.2, 0) is 23.7 Å². The van der Waals surface area contributed by atoms with Gasteiger partial charge < -0.3 is 23.7 Å². The molecule has 2 heterocycles. The van der Waals surface area contributed by atoms with E-state index in [1.165, 1.54) is 0 Å². The highest BCUT2D eigenvalue weighted by atomic mass is 16.8. The standard InChI is InChI=1S/C13H20O5/c1-5-6-15-9-7-11(14-4)17-12(9)10-8-16-13(2,3)18-10/h1,9-12H,6-8H2,2-4H3/t9-,10+,11-,12+/m1/s1. The summed E-state index contributed by atoms with van der Waals surface area (Å²) in [6.07, 6.45) is 5.12. The lowest BCUT2D eigenvalue weighted by atomic mass is 10.1. The minimum Gasteiger partial charge on any atom is -0.363 e. The van der Waals surface area contributed by atoms with Crippen LogP contribution in [0.1, 0.15) is 20.3 Å². The van der Waals surface area contributed by atoms with E-state index in [1.54, 1.807) is 7.11 Å². The zero-order valence-electron chi connectivity index (χ0n) is 11.0. The number of hydrogen-bond donors (Lipinski definition) is 0. The molecule has 5 heteroatoms. The molecule has 18 heavy (non-hydrogen) atoms. The van der Waals surface area contributed by atoms with Crippen LogP contribution < -0.4 is 0 Å². The molecule has 2 saturated heterocycles. The van der Waals surface area contributed by atoms with Crippen molar-refractivity contribution >= 4 is 0 Å². The van der Waals surface area contributed by atoms with Gasteiger partial charge in [-0.15, -0.1) is 6.42 Å². The third kappa shape index (κ3) is 3.02. The van der Waals surface area contributed by atoms with E-state index in [9.17, 15) is 0 Å². The summed E-state index contributed by atoms with van der Waals surface area (Å²) in [5, 5.41) is 0. The van der Waals surface area contributed by atoms with Crippen LogP contribution in [0.25, 0.3) is 0 Å². The summed E-state index contributed by atoms with van der Waals surface area (Å²) in [6, 6.07) is 0. The normalized spacial score (nSPS) is 38.8. The van der Waals surface area contributed by atoms with Crippen LogP contribution in [0.3, 0.4) is 0 Å². The molecule has 0 N–H and O–H groups in total. The Labute approximate surface area is 108 Å². The quantitative estimate of drug-likeness (QED) is 0.700. The maximum atomic E-state index is 5.80. The van der Waals surface area contributed by atoms with Gasteiger partial charge in [0.2, 0.25) is 0 Å². The monoisotopic (exact) mass is 256 g/mol. The van der Waals surface area contributed by atoms with E-state index in [0.717, 1.165) is 0 Å². The molecule has 0 aliphatic carbocycles. The molecule has 102 valence electrons. The first-order valence-corrected chi connectivity index (χ1v) is 6.11. The van der Waals surface area contributed by atoms with E-state index >= 15 is 0 Å². The molecule has 0 aromatic heterocycles. The maximum Gasteiger partial charge on any atom is 0.163 e. The Balaban J connectivity index is 1.98. The summed E-state index contributed by atoms with van der Waals surface area (Å²) >= 11 is 0. The Morgan fingerprint density at radius 1 is 1.44 bits per heavy atom. The predicted octanol–water partition coefficient (Wildman–Crippen LogP) is 0.918. The molecule has 0 aromatic rings. The number of rotatable bonds is 4. The van der Waals surface area contributed by atoms with Crippen molar-refractivity contribution in [2.24, 2.45) is 0 Å². The highest BCUT2D eigenvalue weighted by Gasteiger charge is 2.46. The second-order valence-electron chi connectivity index (χ2n) is 4.92. The average Bonchev–Trinajstić information content (AvgIpc) is 2.89. The first-order chi connectivity index (χ1) is 8.55. The lowest BCUT2D eigenvalue weighted by molar-refractivity contribution is -0.181. The summed E-state index contributed by atoms with van der Waals surface area (Å²) in [6.45, 7) is 4.52. The van der Waals surface area contributed by atoms with Gasteiger partial charge in [0.1, 0.15) is 18.8 Å².